The number of benzene rings is 6. The Hall–Kier alpha value is -5.61. The fraction of sp³-hybridized carbons (Fsp3) is 0. The number of furan rings is 1. The number of para-hydroxylation sites is 1. The quantitative estimate of drug-likeness (QED) is 0.229. The van der Waals surface area contributed by atoms with Gasteiger partial charge in [0.15, 0.2) is 17.5 Å². The summed E-state index contributed by atoms with van der Waals surface area (Å²) in [4.78, 5) is 14.8. The third kappa shape index (κ3) is 4.14. The van der Waals surface area contributed by atoms with E-state index in [9.17, 15) is 0 Å². The number of rotatable bonds is 4. The molecule has 0 radical (unpaired) electrons. The Morgan fingerprint density at radius 1 is 0.488 bits per heavy atom. The Labute approximate surface area is 239 Å². The summed E-state index contributed by atoms with van der Waals surface area (Å²) < 4.78 is 23.1. The van der Waals surface area contributed by atoms with Gasteiger partial charge >= 0.3 is 0 Å². The van der Waals surface area contributed by atoms with Gasteiger partial charge in [0.05, 0.1) is 2.74 Å². The van der Waals surface area contributed by atoms with Crippen molar-refractivity contribution in [3.63, 3.8) is 0 Å². The van der Waals surface area contributed by atoms with E-state index in [1.807, 2.05) is 84.9 Å². The third-order valence-electron chi connectivity index (χ3n) is 7.36. The van der Waals surface area contributed by atoms with Crippen LogP contribution < -0.4 is 0 Å². The topological polar surface area (TPSA) is 51.8 Å². The highest BCUT2D eigenvalue weighted by molar-refractivity contribution is 6.12. The van der Waals surface area contributed by atoms with Crippen molar-refractivity contribution in [1.82, 2.24) is 15.0 Å². The molecule has 0 amide bonds. The molecular weight excluding hydrogens is 502 g/mol. The fourth-order valence-corrected chi connectivity index (χ4v) is 5.37. The summed E-state index contributed by atoms with van der Waals surface area (Å²) in [5.41, 5.74) is 5.59. The van der Waals surface area contributed by atoms with Crippen LogP contribution in [0.15, 0.2) is 144 Å². The van der Waals surface area contributed by atoms with E-state index >= 15 is 0 Å². The van der Waals surface area contributed by atoms with Crippen molar-refractivity contribution in [1.29, 1.82) is 0 Å². The maximum absolute atomic E-state index is 8.86. The molecule has 4 nitrogen and oxygen atoms in total. The average Bonchev–Trinajstić information content (AvgIpc) is 3.42. The minimum absolute atomic E-state index is 0.375. The van der Waals surface area contributed by atoms with E-state index in [4.69, 9.17) is 22.1 Å². The summed E-state index contributed by atoms with van der Waals surface area (Å²) in [6, 6.07) is 42.0. The van der Waals surface area contributed by atoms with Crippen molar-refractivity contribution in [2.45, 2.75) is 0 Å². The lowest BCUT2D eigenvalue weighted by Crippen LogP contribution is -2.00. The van der Waals surface area contributed by atoms with Gasteiger partial charge in [0.2, 0.25) is 0 Å². The lowest BCUT2D eigenvalue weighted by molar-refractivity contribution is 0.669. The molecule has 192 valence electrons. The Kier molecular flexibility index (Phi) is 4.94. The van der Waals surface area contributed by atoms with Crippen LogP contribution in [0.2, 0.25) is 0 Å². The highest BCUT2D eigenvalue weighted by Crippen LogP contribution is 2.37. The molecule has 8 aromatic rings. The van der Waals surface area contributed by atoms with Gasteiger partial charge in [0, 0.05) is 27.5 Å². The van der Waals surface area contributed by atoms with E-state index in [0.29, 0.717) is 40.7 Å². The monoisotopic (exact) mass is 527 g/mol. The highest BCUT2D eigenvalue weighted by Gasteiger charge is 2.15. The molecule has 0 N–H and O–H groups in total. The van der Waals surface area contributed by atoms with Crippen molar-refractivity contribution in [3.05, 3.63) is 139 Å². The molecule has 4 heteroatoms. The molecule has 0 bridgehead atoms. The predicted molar refractivity (Wildman–Crippen MR) is 166 cm³/mol. The van der Waals surface area contributed by atoms with Gasteiger partial charge in [0.25, 0.3) is 0 Å². The van der Waals surface area contributed by atoms with Gasteiger partial charge in [-0.25, -0.2) is 15.0 Å². The minimum Gasteiger partial charge on any atom is -0.456 e. The predicted octanol–water partition coefficient (Wildman–Crippen LogP) is 9.59. The first-order chi connectivity index (χ1) is 21.1. The summed E-state index contributed by atoms with van der Waals surface area (Å²) in [6.45, 7) is 0. The Bertz CT molecular complexity index is 2330. The van der Waals surface area contributed by atoms with E-state index < -0.39 is 0 Å². The van der Waals surface area contributed by atoms with E-state index in [2.05, 4.69) is 24.3 Å². The second-order valence-corrected chi connectivity index (χ2v) is 9.93. The van der Waals surface area contributed by atoms with Crippen LogP contribution >= 0.6 is 0 Å². The van der Waals surface area contributed by atoms with Crippen molar-refractivity contribution < 1.29 is 7.16 Å². The molecule has 0 atom stereocenters. The third-order valence-corrected chi connectivity index (χ3v) is 7.36. The van der Waals surface area contributed by atoms with Crippen molar-refractivity contribution in [2.75, 3.05) is 0 Å². The van der Waals surface area contributed by atoms with E-state index in [0.717, 1.165) is 49.4 Å². The number of nitrogens with zero attached hydrogens (tertiary/aromatic N) is 3. The van der Waals surface area contributed by atoms with Crippen LogP contribution in [0.1, 0.15) is 2.74 Å². The Morgan fingerprint density at radius 3 is 2.02 bits per heavy atom. The number of hydrogen-bond donors (Lipinski definition) is 0. The van der Waals surface area contributed by atoms with E-state index in [-0.39, 0.29) is 0 Å². The van der Waals surface area contributed by atoms with Gasteiger partial charge < -0.3 is 4.42 Å². The normalized spacial score (nSPS) is 12.1. The van der Waals surface area contributed by atoms with Crippen molar-refractivity contribution in [3.8, 4) is 45.3 Å². The zero-order valence-electron chi connectivity index (χ0n) is 23.9. The molecular formula is C37H23N3O. The SMILES string of the molecule is [2H]c1ccc2oc3ccc([2H])c(-c4cccc(-c5nc(-c6ccccc6)nc(-c6ccc7ccccc7c6)n5)c4)c3c2c1. The molecule has 6 aromatic carbocycles. The lowest BCUT2D eigenvalue weighted by Gasteiger charge is -2.10. The maximum atomic E-state index is 8.86. The smallest absolute Gasteiger partial charge is 0.164 e. The van der Waals surface area contributed by atoms with Gasteiger partial charge in [-0.05, 0) is 46.2 Å². The molecule has 0 aliphatic heterocycles. The molecule has 41 heavy (non-hydrogen) atoms. The lowest BCUT2D eigenvalue weighted by atomic mass is 9.98. The average molecular weight is 528 g/mol. The van der Waals surface area contributed by atoms with Gasteiger partial charge in [-0.2, -0.15) is 0 Å². The second-order valence-electron chi connectivity index (χ2n) is 9.93. The van der Waals surface area contributed by atoms with Crippen LogP contribution in [0.5, 0.6) is 0 Å². The summed E-state index contributed by atoms with van der Waals surface area (Å²) in [5.74, 6) is 1.72. The summed E-state index contributed by atoms with van der Waals surface area (Å²) >= 11 is 0. The number of aromatic nitrogens is 3. The molecule has 2 aromatic heterocycles. The maximum Gasteiger partial charge on any atom is 0.164 e. The van der Waals surface area contributed by atoms with Crippen LogP contribution in [-0.2, 0) is 0 Å². The van der Waals surface area contributed by atoms with Crippen LogP contribution in [-0.4, -0.2) is 15.0 Å². The summed E-state index contributed by atoms with van der Waals surface area (Å²) in [7, 11) is 0. The van der Waals surface area contributed by atoms with Crippen LogP contribution in [0, 0.1) is 0 Å². The van der Waals surface area contributed by atoms with E-state index in [1.54, 1.807) is 18.2 Å². The molecule has 0 saturated carbocycles. The zero-order chi connectivity index (χ0) is 28.9. The molecule has 0 fully saturated rings. The summed E-state index contributed by atoms with van der Waals surface area (Å²) in [6.07, 6.45) is 0. The molecule has 0 unspecified atom stereocenters. The first-order valence-electron chi connectivity index (χ1n) is 14.4. The summed E-state index contributed by atoms with van der Waals surface area (Å²) in [5, 5.41) is 3.92. The zero-order valence-corrected chi connectivity index (χ0v) is 21.9. The van der Waals surface area contributed by atoms with Gasteiger partial charge in [0.1, 0.15) is 11.2 Å². The second kappa shape index (κ2) is 9.54. The van der Waals surface area contributed by atoms with Gasteiger partial charge in [-0.3, -0.25) is 0 Å². The molecule has 2 heterocycles. The van der Waals surface area contributed by atoms with Gasteiger partial charge in [-0.1, -0.05) is 115 Å². The number of fused-ring (bicyclic) bond motifs is 4. The molecule has 0 saturated heterocycles. The Balaban J connectivity index is 1.33. The molecule has 0 spiro atoms. The van der Waals surface area contributed by atoms with Crippen molar-refractivity contribution in [2.24, 2.45) is 0 Å². The fourth-order valence-electron chi connectivity index (χ4n) is 5.37. The first-order valence-corrected chi connectivity index (χ1v) is 13.4. The minimum atomic E-state index is 0.375. The molecule has 0 aliphatic carbocycles. The van der Waals surface area contributed by atoms with Crippen LogP contribution in [0.4, 0.5) is 0 Å². The Morgan fingerprint density at radius 2 is 1.17 bits per heavy atom. The van der Waals surface area contributed by atoms with Crippen LogP contribution in [0.25, 0.3) is 78.0 Å². The first kappa shape index (κ1) is 21.2. The molecule has 8 rings (SSSR count). The highest BCUT2D eigenvalue weighted by atomic mass is 16.3. The largest absolute Gasteiger partial charge is 0.456 e. The van der Waals surface area contributed by atoms with E-state index in [1.165, 1.54) is 0 Å². The number of hydrogen-bond acceptors (Lipinski definition) is 4. The standard InChI is InChI=1S/C37H23N3O/c1-2-11-25(12-3-1)35-38-36(40-37(39-35)29-21-20-24-10-4-5-13-26(24)22-29)28-15-8-14-27(23-28)30-17-9-19-33-34(30)31-16-6-7-18-32(31)41-33/h1-23H/i6D,17D. The molecule has 0 aliphatic rings. The van der Waals surface area contributed by atoms with Crippen LogP contribution in [0.3, 0.4) is 0 Å². The van der Waals surface area contributed by atoms with Crippen molar-refractivity contribution >= 4 is 32.7 Å². The van der Waals surface area contributed by atoms with Gasteiger partial charge in [-0.15, -0.1) is 0 Å².